The third kappa shape index (κ3) is 1.85. The van der Waals surface area contributed by atoms with Crippen molar-refractivity contribution >= 4 is 5.82 Å². The van der Waals surface area contributed by atoms with Crippen LogP contribution in [0.25, 0.3) is 0 Å². The van der Waals surface area contributed by atoms with Gasteiger partial charge in [-0.3, -0.25) is 4.68 Å². The van der Waals surface area contributed by atoms with Crippen molar-refractivity contribution in [3.05, 3.63) is 12.3 Å². The summed E-state index contributed by atoms with van der Waals surface area (Å²) < 4.78 is 2.03. The van der Waals surface area contributed by atoms with E-state index < -0.39 is 0 Å². The summed E-state index contributed by atoms with van der Waals surface area (Å²) in [5.74, 6) is 1.53. The molecule has 13 heavy (non-hydrogen) atoms. The molecule has 0 aliphatic heterocycles. The van der Waals surface area contributed by atoms with Gasteiger partial charge in [0.2, 0.25) is 0 Å². The molecule has 3 nitrogen and oxygen atoms in total. The molecular weight excluding hydrogens is 162 g/mol. The van der Waals surface area contributed by atoms with Gasteiger partial charge in [0.25, 0.3) is 0 Å². The Hall–Kier alpha value is -0.990. The lowest BCUT2D eigenvalue weighted by atomic mass is 9.87. The van der Waals surface area contributed by atoms with Crippen LogP contribution in [0.15, 0.2) is 12.3 Å². The molecule has 1 aromatic heterocycles. The van der Waals surface area contributed by atoms with Crippen LogP contribution >= 0.6 is 0 Å². The summed E-state index contributed by atoms with van der Waals surface area (Å²) in [6.07, 6.45) is 7.15. The van der Waals surface area contributed by atoms with E-state index in [1.165, 1.54) is 25.7 Å². The minimum atomic E-state index is 0.591. The van der Waals surface area contributed by atoms with E-state index in [4.69, 9.17) is 5.73 Å². The fraction of sp³-hybridized carbons (Fsp3) is 0.700. The summed E-state index contributed by atoms with van der Waals surface area (Å²) in [6.45, 7) is 2.33. The van der Waals surface area contributed by atoms with Crippen LogP contribution in [0.2, 0.25) is 0 Å². The van der Waals surface area contributed by atoms with Crippen LogP contribution in [-0.2, 0) is 0 Å². The number of aromatic nitrogens is 2. The smallest absolute Gasteiger partial charge is 0.145 e. The van der Waals surface area contributed by atoms with Crippen LogP contribution in [0.1, 0.15) is 38.6 Å². The number of hydrogen-bond acceptors (Lipinski definition) is 2. The van der Waals surface area contributed by atoms with Crippen molar-refractivity contribution < 1.29 is 0 Å². The normalized spacial score (nSPS) is 29.0. The van der Waals surface area contributed by atoms with E-state index in [0.717, 1.165) is 5.92 Å². The Morgan fingerprint density at radius 1 is 1.38 bits per heavy atom. The fourth-order valence-corrected chi connectivity index (χ4v) is 2.06. The van der Waals surface area contributed by atoms with E-state index in [2.05, 4.69) is 12.0 Å². The predicted octanol–water partition coefficient (Wildman–Crippen LogP) is 2.22. The van der Waals surface area contributed by atoms with Crippen molar-refractivity contribution in [3.63, 3.8) is 0 Å². The monoisotopic (exact) mass is 179 g/mol. The van der Waals surface area contributed by atoms with E-state index in [1.807, 2.05) is 16.9 Å². The number of nitrogens with two attached hydrogens (primary N) is 1. The van der Waals surface area contributed by atoms with Crippen molar-refractivity contribution in [1.82, 2.24) is 9.78 Å². The second-order valence-electron chi connectivity index (χ2n) is 4.13. The van der Waals surface area contributed by atoms with E-state index >= 15 is 0 Å². The maximum Gasteiger partial charge on any atom is 0.145 e. The zero-order valence-electron chi connectivity index (χ0n) is 8.11. The highest BCUT2D eigenvalue weighted by Gasteiger charge is 2.19. The van der Waals surface area contributed by atoms with Crippen molar-refractivity contribution in [3.8, 4) is 0 Å². The van der Waals surface area contributed by atoms with Crippen LogP contribution < -0.4 is 5.73 Å². The lowest BCUT2D eigenvalue weighted by molar-refractivity contribution is 0.274. The van der Waals surface area contributed by atoms with Crippen LogP contribution in [0, 0.1) is 5.92 Å². The van der Waals surface area contributed by atoms with Crippen LogP contribution in [0.5, 0.6) is 0 Å². The summed E-state index contributed by atoms with van der Waals surface area (Å²) in [5.41, 5.74) is 5.58. The zero-order chi connectivity index (χ0) is 9.26. The molecule has 0 bridgehead atoms. The third-order valence-electron chi connectivity index (χ3n) is 2.99. The average molecular weight is 179 g/mol. The minimum absolute atomic E-state index is 0.591. The molecule has 3 heteroatoms. The van der Waals surface area contributed by atoms with Gasteiger partial charge in [-0.1, -0.05) is 6.92 Å². The maximum atomic E-state index is 5.58. The van der Waals surface area contributed by atoms with Crippen molar-refractivity contribution in [2.75, 3.05) is 5.73 Å². The Morgan fingerprint density at radius 3 is 2.62 bits per heavy atom. The van der Waals surface area contributed by atoms with Crippen LogP contribution in [-0.4, -0.2) is 9.78 Å². The second-order valence-corrected chi connectivity index (χ2v) is 4.13. The number of nitrogens with zero attached hydrogens (tertiary/aromatic N) is 2. The first kappa shape index (κ1) is 8.60. The molecule has 1 aliphatic rings. The highest BCUT2D eigenvalue weighted by Crippen LogP contribution is 2.31. The van der Waals surface area contributed by atoms with Gasteiger partial charge < -0.3 is 5.73 Å². The van der Waals surface area contributed by atoms with Gasteiger partial charge in [-0.25, -0.2) is 0 Å². The van der Waals surface area contributed by atoms with Crippen LogP contribution in [0.4, 0.5) is 5.82 Å². The van der Waals surface area contributed by atoms with Gasteiger partial charge in [0, 0.05) is 6.20 Å². The first-order valence-corrected chi connectivity index (χ1v) is 5.06. The molecule has 0 amide bonds. The third-order valence-corrected chi connectivity index (χ3v) is 2.99. The summed E-state index contributed by atoms with van der Waals surface area (Å²) in [4.78, 5) is 0. The average Bonchev–Trinajstić information content (AvgIpc) is 2.53. The SMILES string of the molecule is CC1CCC(n2ccc(N)n2)CC1. The molecule has 0 atom stereocenters. The number of rotatable bonds is 1. The summed E-state index contributed by atoms with van der Waals surface area (Å²) in [6, 6.07) is 2.46. The molecular formula is C10H17N3. The minimum Gasteiger partial charge on any atom is -0.382 e. The lowest BCUT2D eigenvalue weighted by Crippen LogP contribution is -2.17. The molecule has 0 unspecified atom stereocenters. The molecule has 1 heterocycles. The molecule has 0 aromatic carbocycles. The standard InChI is InChI=1S/C10H17N3/c1-8-2-4-9(5-3-8)13-7-6-10(11)12-13/h6-9H,2-5H2,1H3,(H2,11,12). The summed E-state index contributed by atoms with van der Waals surface area (Å²) in [7, 11) is 0. The molecule has 0 radical (unpaired) electrons. The highest BCUT2D eigenvalue weighted by atomic mass is 15.3. The Morgan fingerprint density at radius 2 is 2.08 bits per heavy atom. The molecule has 1 fully saturated rings. The topological polar surface area (TPSA) is 43.8 Å². The fourth-order valence-electron chi connectivity index (χ4n) is 2.06. The largest absolute Gasteiger partial charge is 0.382 e. The van der Waals surface area contributed by atoms with Crippen molar-refractivity contribution in [2.45, 2.75) is 38.6 Å². The summed E-state index contributed by atoms with van der Waals surface area (Å²) in [5, 5.41) is 4.25. The van der Waals surface area contributed by atoms with Gasteiger partial charge >= 0.3 is 0 Å². The molecule has 72 valence electrons. The van der Waals surface area contributed by atoms with Gasteiger partial charge in [0.1, 0.15) is 5.82 Å². The predicted molar refractivity (Wildman–Crippen MR) is 53.3 cm³/mol. The van der Waals surface area contributed by atoms with Crippen molar-refractivity contribution in [1.29, 1.82) is 0 Å². The quantitative estimate of drug-likeness (QED) is 0.718. The molecule has 0 saturated heterocycles. The maximum absolute atomic E-state index is 5.58. The molecule has 1 saturated carbocycles. The summed E-state index contributed by atoms with van der Waals surface area (Å²) >= 11 is 0. The first-order chi connectivity index (χ1) is 6.25. The van der Waals surface area contributed by atoms with E-state index in [1.54, 1.807) is 0 Å². The van der Waals surface area contributed by atoms with Crippen molar-refractivity contribution in [2.24, 2.45) is 5.92 Å². The van der Waals surface area contributed by atoms with Gasteiger partial charge in [-0.05, 0) is 37.7 Å². The van der Waals surface area contributed by atoms with E-state index in [-0.39, 0.29) is 0 Å². The molecule has 1 aromatic rings. The van der Waals surface area contributed by atoms with Gasteiger partial charge in [-0.2, -0.15) is 5.10 Å². The lowest BCUT2D eigenvalue weighted by Gasteiger charge is -2.26. The van der Waals surface area contributed by atoms with Crippen LogP contribution in [0.3, 0.4) is 0 Å². The Bertz CT molecular complexity index is 271. The van der Waals surface area contributed by atoms with Gasteiger partial charge in [-0.15, -0.1) is 0 Å². The molecule has 1 aliphatic carbocycles. The number of hydrogen-bond donors (Lipinski definition) is 1. The Kier molecular flexibility index (Phi) is 2.25. The Labute approximate surface area is 78.9 Å². The number of anilines is 1. The molecule has 2 rings (SSSR count). The Balaban J connectivity index is 2.02. The van der Waals surface area contributed by atoms with Gasteiger partial charge in [0.15, 0.2) is 0 Å². The molecule has 2 N–H and O–H groups in total. The van der Waals surface area contributed by atoms with E-state index in [0.29, 0.717) is 11.9 Å². The zero-order valence-corrected chi connectivity index (χ0v) is 8.11. The number of nitrogen functional groups attached to an aromatic ring is 1. The highest BCUT2D eigenvalue weighted by molar-refractivity contribution is 5.24. The molecule has 0 spiro atoms. The second kappa shape index (κ2) is 3.40. The van der Waals surface area contributed by atoms with E-state index in [9.17, 15) is 0 Å². The van der Waals surface area contributed by atoms with Gasteiger partial charge in [0.05, 0.1) is 6.04 Å². The first-order valence-electron chi connectivity index (χ1n) is 5.06.